The van der Waals surface area contributed by atoms with Gasteiger partial charge in [0.25, 0.3) is 5.91 Å². The zero-order chi connectivity index (χ0) is 13.8. The van der Waals surface area contributed by atoms with E-state index in [1.54, 1.807) is 24.3 Å². The molecule has 1 aromatic carbocycles. The number of halogens is 1. The molecule has 2 rings (SSSR count). The summed E-state index contributed by atoms with van der Waals surface area (Å²) in [6, 6.07) is 9.98. The molecule has 0 spiro atoms. The van der Waals surface area contributed by atoms with Crippen LogP contribution < -0.4 is 11.1 Å². The summed E-state index contributed by atoms with van der Waals surface area (Å²) in [6.07, 6.45) is 1.54. The first-order valence-electron chi connectivity index (χ1n) is 5.32. The molecular formula is C13H9BrN4O. The molecule has 1 heterocycles. The Morgan fingerprint density at radius 1 is 1.37 bits per heavy atom. The predicted octanol–water partition coefficient (Wildman–Crippen LogP) is 2.55. The van der Waals surface area contributed by atoms with Crippen molar-refractivity contribution >= 4 is 33.2 Å². The molecule has 0 radical (unpaired) electrons. The van der Waals surface area contributed by atoms with Crippen LogP contribution in [0, 0.1) is 11.3 Å². The third-order valence-corrected chi connectivity index (χ3v) is 2.86. The lowest BCUT2D eigenvalue weighted by Gasteiger charge is -2.07. The number of aromatic nitrogens is 1. The van der Waals surface area contributed by atoms with Crippen LogP contribution in [0.3, 0.4) is 0 Å². The minimum atomic E-state index is -0.357. The van der Waals surface area contributed by atoms with Gasteiger partial charge in [-0.05, 0) is 46.3 Å². The molecule has 2 aromatic rings. The van der Waals surface area contributed by atoms with Crippen LogP contribution >= 0.6 is 15.9 Å². The average Bonchev–Trinajstić information content (AvgIpc) is 2.41. The van der Waals surface area contributed by atoms with Gasteiger partial charge in [-0.1, -0.05) is 0 Å². The summed E-state index contributed by atoms with van der Waals surface area (Å²) in [5, 5.41) is 11.4. The highest BCUT2D eigenvalue weighted by molar-refractivity contribution is 9.10. The smallest absolute Gasteiger partial charge is 0.274 e. The van der Waals surface area contributed by atoms with Gasteiger partial charge >= 0.3 is 0 Å². The predicted molar refractivity (Wildman–Crippen MR) is 75.5 cm³/mol. The number of amides is 1. The maximum Gasteiger partial charge on any atom is 0.274 e. The van der Waals surface area contributed by atoms with Gasteiger partial charge in [-0.25, -0.2) is 4.98 Å². The number of hydrogen-bond donors (Lipinski definition) is 2. The summed E-state index contributed by atoms with van der Waals surface area (Å²) in [7, 11) is 0. The van der Waals surface area contributed by atoms with Crippen molar-refractivity contribution in [3.8, 4) is 6.07 Å². The monoisotopic (exact) mass is 316 g/mol. The number of carbonyl (C=O) groups excluding carboxylic acids is 1. The molecule has 0 aliphatic rings. The molecule has 0 aliphatic heterocycles. The molecule has 19 heavy (non-hydrogen) atoms. The van der Waals surface area contributed by atoms with E-state index in [1.165, 1.54) is 12.3 Å². The van der Waals surface area contributed by atoms with E-state index in [1.807, 2.05) is 6.07 Å². The number of nitriles is 1. The van der Waals surface area contributed by atoms with E-state index in [0.29, 0.717) is 16.9 Å². The van der Waals surface area contributed by atoms with Crippen LogP contribution in [0.2, 0.25) is 0 Å². The number of anilines is 2. The van der Waals surface area contributed by atoms with Crippen molar-refractivity contribution in [3.63, 3.8) is 0 Å². The number of nitrogen functional groups attached to an aromatic ring is 1. The maximum absolute atomic E-state index is 11.9. The van der Waals surface area contributed by atoms with Crippen molar-refractivity contribution in [1.82, 2.24) is 4.98 Å². The van der Waals surface area contributed by atoms with Crippen LogP contribution in [0.5, 0.6) is 0 Å². The van der Waals surface area contributed by atoms with Crippen LogP contribution in [0.4, 0.5) is 11.4 Å². The lowest BCUT2D eigenvalue weighted by atomic mass is 10.2. The zero-order valence-corrected chi connectivity index (χ0v) is 11.3. The van der Waals surface area contributed by atoms with E-state index in [0.717, 1.165) is 4.47 Å². The van der Waals surface area contributed by atoms with Crippen molar-refractivity contribution in [2.24, 2.45) is 0 Å². The van der Waals surface area contributed by atoms with E-state index >= 15 is 0 Å². The molecule has 6 heteroatoms. The topological polar surface area (TPSA) is 91.8 Å². The van der Waals surface area contributed by atoms with Crippen molar-refractivity contribution in [3.05, 3.63) is 52.3 Å². The van der Waals surface area contributed by atoms with E-state index < -0.39 is 0 Å². The Kier molecular flexibility index (Phi) is 3.78. The van der Waals surface area contributed by atoms with Crippen LogP contribution in [0.15, 0.2) is 41.0 Å². The van der Waals surface area contributed by atoms with E-state index in [4.69, 9.17) is 11.0 Å². The van der Waals surface area contributed by atoms with Crippen molar-refractivity contribution in [1.29, 1.82) is 5.26 Å². The summed E-state index contributed by atoms with van der Waals surface area (Å²) < 4.78 is 0.793. The van der Waals surface area contributed by atoms with Crippen LogP contribution in [0.1, 0.15) is 16.1 Å². The number of nitrogens with two attached hydrogens (primary N) is 1. The Morgan fingerprint density at radius 2 is 2.16 bits per heavy atom. The molecule has 0 fully saturated rings. The molecule has 0 bridgehead atoms. The highest BCUT2D eigenvalue weighted by Crippen LogP contribution is 2.20. The highest BCUT2D eigenvalue weighted by Gasteiger charge is 2.09. The van der Waals surface area contributed by atoms with Gasteiger partial charge in [-0.2, -0.15) is 5.26 Å². The van der Waals surface area contributed by atoms with Gasteiger partial charge in [0.1, 0.15) is 5.69 Å². The molecule has 94 valence electrons. The fourth-order valence-corrected chi connectivity index (χ4v) is 1.68. The molecule has 0 atom stereocenters. The Labute approximate surface area is 118 Å². The fraction of sp³-hybridized carbons (Fsp3) is 0. The second-order valence-corrected chi connectivity index (χ2v) is 4.65. The minimum absolute atomic E-state index is 0.284. The Balaban J connectivity index is 2.20. The molecule has 1 amide bonds. The largest absolute Gasteiger partial charge is 0.397 e. The van der Waals surface area contributed by atoms with Gasteiger partial charge in [0.15, 0.2) is 0 Å². The van der Waals surface area contributed by atoms with E-state index in [-0.39, 0.29) is 11.6 Å². The molecule has 5 nitrogen and oxygen atoms in total. The van der Waals surface area contributed by atoms with Crippen LogP contribution in [0.25, 0.3) is 0 Å². The molecule has 3 N–H and O–H groups in total. The lowest BCUT2D eigenvalue weighted by Crippen LogP contribution is -2.14. The van der Waals surface area contributed by atoms with E-state index in [2.05, 4.69) is 26.2 Å². The summed E-state index contributed by atoms with van der Waals surface area (Å²) >= 11 is 3.24. The van der Waals surface area contributed by atoms with E-state index in [9.17, 15) is 4.79 Å². The molecule has 1 aromatic heterocycles. The summed E-state index contributed by atoms with van der Waals surface area (Å²) in [6.45, 7) is 0. The standard InChI is InChI=1S/C13H9BrN4O/c14-9-2-4-12(17-7-9)13(19)18-11-3-1-8(6-15)5-10(11)16/h1-5,7H,16H2,(H,18,19). The van der Waals surface area contributed by atoms with Crippen molar-refractivity contribution in [2.75, 3.05) is 11.1 Å². The SMILES string of the molecule is N#Cc1ccc(NC(=O)c2ccc(Br)cn2)c(N)c1. The summed E-state index contributed by atoms with van der Waals surface area (Å²) in [5.41, 5.74) is 7.27. The van der Waals surface area contributed by atoms with Crippen LogP contribution in [-0.4, -0.2) is 10.9 Å². The fourth-order valence-electron chi connectivity index (χ4n) is 1.44. The number of pyridine rings is 1. The van der Waals surface area contributed by atoms with Crippen molar-refractivity contribution in [2.45, 2.75) is 0 Å². The van der Waals surface area contributed by atoms with Gasteiger partial charge in [0.05, 0.1) is 23.0 Å². The highest BCUT2D eigenvalue weighted by atomic mass is 79.9. The summed E-state index contributed by atoms with van der Waals surface area (Å²) in [5.74, 6) is -0.357. The quantitative estimate of drug-likeness (QED) is 0.833. The van der Waals surface area contributed by atoms with Gasteiger partial charge in [-0.15, -0.1) is 0 Å². The third-order valence-electron chi connectivity index (χ3n) is 2.39. The number of carbonyl (C=O) groups is 1. The van der Waals surface area contributed by atoms with Gasteiger partial charge in [-0.3, -0.25) is 4.79 Å². The number of nitrogens with one attached hydrogen (secondary N) is 1. The summed E-state index contributed by atoms with van der Waals surface area (Å²) in [4.78, 5) is 15.9. The Morgan fingerprint density at radius 3 is 2.74 bits per heavy atom. The first kappa shape index (κ1) is 13.1. The van der Waals surface area contributed by atoms with Crippen molar-refractivity contribution < 1.29 is 4.79 Å². The Bertz CT molecular complexity index is 661. The normalized spacial score (nSPS) is 9.68. The molecule has 0 saturated heterocycles. The first-order valence-corrected chi connectivity index (χ1v) is 6.12. The second kappa shape index (κ2) is 5.50. The van der Waals surface area contributed by atoms with Gasteiger partial charge in [0.2, 0.25) is 0 Å². The first-order chi connectivity index (χ1) is 9.10. The second-order valence-electron chi connectivity index (χ2n) is 3.73. The zero-order valence-electron chi connectivity index (χ0n) is 9.72. The lowest BCUT2D eigenvalue weighted by molar-refractivity contribution is 0.102. The number of hydrogen-bond acceptors (Lipinski definition) is 4. The maximum atomic E-state index is 11.9. The molecular weight excluding hydrogens is 308 g/mol. The Hall–Kier alpha value is -2.39. The van der Waals surface area contributed by atoms with Gasteiger partial charge < -0.3 is 11.1 Å². The number of nitrogens with zero attached hydrogens (tertiary/aromatic N) is 2. The number of benzene rings is 1. The molecule has 0 aliphatic carbocycles. The molecule has 0 saturated carbocycles. The van der Waals surface area contributed by atoms with Crippen LogP contribution in [-0.2, 0) is 0 Å². The third kappa shape index (κ3) is 3.09. The van der Waals surface area contributed by atoms with Gasteiger partial charge in [0, 0.05) is 10.7 Å². The number of rotatable bonds is 2. The molecule has 0 unspecified atom stereocenters. The average molecular weight is 317 g/mol. The minimum Gasteiger partial charge on any atom is -0.397 e.